The van der Waals surface area contributed by atoms with E-state index in [4.69, 9.17) is 5.11 Å². The summed E-state index contributed by atoms with van der Waals surface area (Å²) < 4.78 is 2.51. The highest BCUT2D eigenvalue weighted by Gasteiger charge is 2.14. The Hall–Kier alpha value is -2.15. The molecule has 0 bridgehead atoms. The molecular weight excluding hydrogens is 280 g/mol. The van der Waals surface area contributed by atoms with Crippen molar-refractivity contribution in [3.63, 3.8) is 0 Å². The number of hydrogen-bond donors (Lipinski definition) is 1. The second-order valence-electron chi connectivity index (χ2n) is 4.30. The van der Waals surface area contributed by atoms with Crippen LogP contribution in [0.4, 0.5) is 0 Å². The van der Waals surface area contributed by atoms with Crippen molar-refractivity contribution in [2.75, 3.05) is 0 Å². The Labute approximate surface area is 118 Å². The maximum absolute atomic E-state index is 12.2. The van der Waals surface area contributed by atoms with Crippen molar-refractivity contribution in [3.8, 4) is 0 Å². The van der Waals surface area contributed by atoms with E-state index >= 15 is 0 Å². The van der Waals surface area contributed by atoms with Crippen molar-refractivity contribution in [2.24, 2.45) is 0 Å². The zero-order valence-corrected chi connectivity index (χ0v) is 11.7. The molecule has 0 saturated carbocycles. The topological polar surface area (TPSA) is 81.3 Å². The highest BCUT2D eigenvalue weighted by Crippen LogP contribution is 2.16. The number of rotatable bonds is 5. The fourth-order valence-corrected chi connectivity index (χ4v) is 2.68. The molecule has 0 aliphatic heterocycles. The number of aromatic nitrogens is 2. The molecule has 20 heavy (non-hydrogen) atoms. The van der Waals surface area contributed by atoms with Crippen LogP contribution in [0.3, 0.4) is 0 Å². The lowest BCUT2D eigenvalue weighted by Gasteiger charge is -2.08. The van der Waals surface area contributed by atoms with Crippen molar-refractivity contribution in [1.29, 1.82) is 0 Å². The molecule has 0 spiro atoms. The molecule has 0 aliphatic rings. The van der Waals surface area contributed by atoms with Gasteiger partial charge in [0.25, 0.3) is 5.56 Å². The molecule has 0 atom stereocenters. The maximum Gasteiger partial charge on any atom is 0.346 e. The van der Waals surface area contributed by atoms with Crippen LogP contribution < -0.4 is 11.2 Å². The second kappa shape index (κ2) is 5.87. The summed E-state index contributed by atoms with van der Waals surface area (Å²) in [5.74, 6) is -1.05. The van der Waals surface area contributed by atoms with Crippen molar-refractivity contribution < 1.29 is 9.90 Å². The molecule has 2 aromatic rings. The monoisotopic (exact) mass is 294 g/mol. The Balaban J connectivity index is 2.46. The first kappa shape index (κ1) is 14.3. The standard InChI is InChI=1S/C13H14N2O4S/c1-2-5-14-6-3-10(16)15(13(14)19)8-9-4-7-20-11(9)12(17)18/h3-4,6-7H,2,5,8H2,1H3,(H,17,18). The number of carbonyl (C=O) groups is 1. The predicted molar refractivity (Wildman–Crippen MR) is 75.6 cm³/mol. The minimum atomic E-state index is -1.05. The Morgan fingerprint density at radius 1 is 1.35 bits per heavy atom. The van der Waals surface area contributed by atoms with Gasteiger partial charge in [0, 0.05) is 18.8 Å². The van der Waals surface area contributed by atoms with Gasteiger partial charge in [-0.15, -0.1) is 11.3 Å². The van der Waals surface area contributed by atoms with E-state index in [1.807, 2.05) is 6.92 Å². The van der Waals surface area contributed by atoms with Gasteiger partial charge in [0.1, 0.15) is 4.88 Å². The Morgan fingerprint density at radius 3 is 2.75 bits per heavy atom. The fraction of sp³-hybridized carbons (Fsp3) is 0.308. The Bertz CT molecular complexity index is 741. The molecule has 0 aromatic carbocycles. The zero-order chi connectivity index (χ0) is 14.7. The molecule has 0 unspecified atom stereocenters. The number of carboxylic acid groups (broad SMARTS) is 1. The number of aryl methyl sites for hydroxylation is 1. The van der Waals surface area contributed by atoms with Gasteiger partial charge in [-0.2, -0.15) is 0 Å². The molecule has 2 aromatic heterocycles. The first-order valence-corrected chi connectivity index (χ1v) is 7.02. The SMILES string of the molecule is CCCn1ccc(=O)n(Cc2ccsc2C(=O)O)c1=O. The van der Waals surface area contributed by atoms with E-state index in [9.17, 15) is 14.4 Å². The Morgan fingerprint density at radius 2 is 2.10 bits per heavy atom. The van der Waals surface area contributed by atoms with Crippen LogP contribution in [-0.4, -0.2) is 20.2 Å². The summed E-state index contributed by atoms with van der Waals surface area (Å²) in [6, 6.07) is 2.95. The highest BCUT2D eigenvalue weighted by atomic mass is 32.1. The summed E-state index contributed by atoms with van der Waals surface area (Å²) in [6.07, 6.45) is 2.24. The van der Waals surface area contributed by atoms with Crippen LogP contribution in [0.5, 0.6) is 0 Å². The molecule has 2 rings (SSSR count). The average Bonchev–Trinajstić information content (AvgIpc) is 2.86. The summed E-state index contributed by atoms with van der Waals surface area (Å²) in [4.78, 5) is 35.2. The number of hydrogen-bond acceptors (Lipinski definition) is 4. The summed E-state index contributed by atoms with van der Waals surface area (Å²) in [5, 5.41) is 10.7. The van der Waals surface area contributed by atoms with E-state index in [0.29, 0.717) is 12.1 Å². The summed E-state index contributed by atoms with van der Waals surface area (Å²) in [5.41, 5.74) is -0.372. The molecule has 0 aliphatic carbocycles. The van der Waals surface area contributed by atoms with E-state index in [0.717, 1.165) is 22.3 Å². The lowest BCUT2D eigenvalue weighted by atomic mass is 10.2. The van der Waals surface area contributed by atoms with Crippen LogP contribution in [-0.2, 0) is 13.1 Å². The third-order valence-electron chi connectivity index (χ3n) is 2.87. The van der Waals surface area contributed by atoms with Crippen LogP contribution in [0, 0.1) is 0 Å². The molecule has 7 heteroatoms. The van der Waals surface area contributed by atoms with Gasteiger partial charge in [0.2, 0.25) is 0 Å². The highest BCUT2D eigenvalue weighted by molar-refractivity contribution is 7.12. The number of carboxylic acids is 1. The minimum Gasteiger partial charge on any atom is -0.477 e. The molecular formula is C13H14N2O4S. The fourth-order valence-electron chi connectivity index (χ4n) is 1.93. The van der Waals surface area contributed by atoms with Gasteiger partial charge in [0.05, 0.1) is 6.54 Å². The van der Waals surface area contributed by atoms with Gasteiger partial charge in [-0.3, -0.25) is 9.36 Å². The normalized spacial score (nSPS) is 10.7. The molecule has 0 radical (unpaired) electrons. The molecule has 0 amide bonds. The van der Waals surface area contributed by atoms with Crippen molar-refractivity contribution in [2.45, 2.75) is 26.4 Å². The second-order valence-corrected chi connectivity index (χ2v) is 5.21. The van der Waals surface area contributed by atoms with E-state index in [2.05, 4.69) is 0 Å². The largest absolute Gasteiger partial charge is 0.477 e. The average molecular weight is 294 g/mol. The van der Waals surface area contributed by atoms with Gasteiger partial charge in [0.15, 0.2) is 0 Å². The van der Waals surface area contributed by atoms with Crippen LogP contribution in [0.25, 0.3) is 0 Å². The van der Waals surface area contributed by atoms with Gasteiger partial charge < -0.3 is 9.67 Å². The van der Waals surface area contributed by atoms with Crippen LogP contribution >= 0.6 is 11.3 Å². The van der Waals surface area contributed by atoms with E-state index < -0.39 is 17.2 Å². The summed E-state index contributed by atoms with van der Waals surface area (Å²) >= 11 is 1.08. The van der Waals surface area contributed by atoms with Gasteiger partial charge in [-0.1, -0.05) is 6.92 Å². The van der Waals surface area contributed by atoms with Crippen LogP contribution in [0.2, 0.25) is 0 Å². The molecule has 106 valence electrons. The van der Waals surface area contributed by atoms with E-state index in [-0.39, 0.29) is 11.4 Å². The quantitative estimate of drug-likeness (QED) is 0.899. The van der Waals surface area contributed by atoms with Crippen LogP contribution in [0.1, 0.15) is 28.6 Å². The van der Waals surface area contributed by atoms with Crippen LogP contribution in [0.15, 0.2) is 33.3 Å². The number of thiophene rings is 1. The molecule has 2 heterocycles. The lowest BCUT2D eigenvalue weighted by Crippen LogP contribution is -2.39. The predicted octanol–water partition coefficient (Wildman–Crippen LogP) is 1.23. The van der Waals surface area contributed by atoms with E-state index in [1.165, 1.54) is 16.8 Å². The van der Waals surface area contributed by atoms with Gasteiger partial charge >= 0.3 is 11.7 Å². The first-order valence-electron chi connectivity index (χ1n) is 6.14. The third-order valence-corrected chi connectivity index (χ3v) is 3.82. The Kier molecular flexibility index (Phi) is 4.19. The van der Waals surface area contributed by atoms with E-state index in [1.54, 1.807) is 11.4 Å². The zero-order valence-electron chi connectivity index (χ0n) is 10.9. The molecule has 6 nitrogen and oxygen atoms in total. The lowest BCUT2D eigenvalue weighted by molar-refractivity contribution is 0.0701. The summed E-state index contributed by atoms with van der Waals surface area (Å²) in [6.45, 7) is 2.44. The molecule has 0 saturated heterocycles. The van der Waals surface area contributed by atoms with Crippen molar-refractivity contribution in [1.82, 2.24) is 9.13 Å². The van der Waals surface area contributed by atoms with Crippen molar-refractivity contribution in [3.05, 3.63) is 55.0 Å². The third kappa shape index (κ3) is 2.72. The number of nitrogens with zero attached hydrogens (tertiary/aromatic N) is 2. The first-order chi connectivity index (χ1) is 9.54. The summed E-state index contributed by atoms with van der Waals surface area (Å²) in [7, 11) is 0. The molecule has 0 fully saturated rings. The number of aromatic carboxylic acids is 1. The van der Waals surface area contributed by atoms with Crippen molar-refractivity contribution >= 4 is 17.3 Å². The van der Waals surface area contributed by atoms with Gasteiger partial charge in [-0.05, 0) is 23.4 Å². The minimum absolute atomic E-state index is 0.0205. The maximum atomic E-state index is 12.2. The smallest absolute Gasteiger partial charge is 0.346 e. The van der Waals surface area contributed by atoms with Gasteiger partial charge in [-0.25, -0.2) is 9.59 Å². The molecule has 1 N–H and O–H groups in total.